The number of para-hydroxylation sites is 2. The SMILES string of the molecule is COCCN(C(=O)c1cc2ccccc2o1)c1nc2ccccc2s1. The molecule has 0 aliphatic carbocycles. The molecule has 0 bridgehead atoms. The van der Waals surface area contributed by atoms with Gasteiger partial charge < -0.3 is 9.15 Å². The Hall–Kier alpha value is -2.70. The van der Waals surface area contributed by atoms with E-state index >= 15 is 0 Å². The van der Waals surface area contributed by atoms with E-state index in [-0.39, 0.29) is 5.91 Å². The summed E-state index contributed by atoms with van der Waals surface area (Å²) >= 11 is 1.48. The molecule has 0 atom stereocenters. The highest BCUT2D eigenvalue weighted by atomic mass is 32.1. The van der Waals surface area contributed by atoms with Crippen LogP contribution in [0, 0.1) is 0 Å². The number of carbonyl (C=O) groups excluding carboxylic acids is 1. The molecule has 0 fully saturated rings. The van der Waals surface area contributed by atoms with Crippen molar-refractivity contribution in [1.82, 2.24) is 4.98 Å². The van der Waals surface area contributed by atoms with E-state index in [1.54, 1.807) is 18.1 Å². The highest BCUT2D eigenvalue weighted by molar-refractivity contribution is 7.22. The van der Waals surface area contributed by atoms with Crippen molar-refractivity contribution >= 4 is 43.6 Å². The van der Waals surface area contributed by atoms with Crippen molar-refractivity contribution in [3.8, 4) is 0 Å². The van der Waals surface area contributed by atoms with Crippen LogP contribution in [0.2, 0.25) is 0 Å². The van der Waals surface area contributed by atoms with E-state index in [2.05, 4.69) is 4.98 Å². The molecule has 6 heteroatoms. The molecule has 0 saturated carbocycles. The molecule has 2 heterocycles. The number of anilines is 1. The topological polar surface area (TPSA) is 55.6 Å². The second-order valence-electron chi connectivity index (χ2n) is 5.56. The number of fused-ring (bicyclic) bond motifs is 2. The molecule has 0 unspecified atom stereocenters. The molecule has 0 N–H and O–H groups in total. The van der Waals surface area contributed by atoms with E-state index in [0.29, 0.717) is 29.6 Å². The zero-order valence-electron chi connectivity index (χ0n) is 13.6. The van der Waals surface area contributed by atoms with E-state index in [1.807, 2.05) is 48.5 Å². The molecule has 4 aromatic rings. The van der Waals surface area contributed by atoms with Gasteiger partial charge in [0.05, 0.1) is 23.4 Å². The van der Waals surface area contributed by atoms with Crippen LogP contribution in [0.5, 0.6) is 0 Å². The molecule has 0 aliphatic rings. The predicted molar refractivity (Wildman–Crippen MR) is 99.4 cm³/mol. The number of benzene rings is 2. The summed E-state index contributed by atoms with van der Waals surface area (Å²) < 4.78 is 11.9. The van der Waals surface area contributed by atoms with Gasteiger partial charge in [0.15, 0.2) is 10.9 Å². The summed E-state index contributed by atoms with van der Waals surface area (Å²) in [6.45, 7) is 0.827. The smallest absolute Gasteiger partial charge is 0.295 e. The van der Waals surface area contributed by atoms with Crippen LogP contribution in [0.1, 0.15) is 10.6 Å². The van der Waals surface area contributed by atoms with Gasteiger partial charge in [0.2, 0.25) is 0 Å². The summed E-state index contributed by atoms with van der Waals surface area (Å²) in [5.74, 6) is 0.0869. The first-order chi connectivity index (χ1) is 12.3. The van der Waals surface area contributed by atoms with Crippen LogP contribution in [0.25, 0.3) is 21.2 Å². The first kappa shape index (κ1) is 15.8. The van der Waals surface area contributed by atoms with Crippen molar-refractivity contribution in [2.75, 3.05) is 25.2 Å². The number of rotatable bonds is 5. The number of hydrogen-bond donors (Lipinski definition) is 0. The third-order valence-corrected chi connectivity index (χ3v) is 4.97. The van der Waals surface area contributed by atoms with Gasteiger partial charge in [-0.15, -0.1) is 0 Å². The summed E-state index contributed by atoms with van der Waals surface area (Å²) in [6, 6.07) is 17.2. The van der Waals surface area contributed by atoms with E-state index in [9.17, 15) is 4.79 Å². The highest BCUT2D eigenvalue weighted by Crippen LogP contribution is 2.30. The van der Waals surface area contributed by atoms with Gasteiger partial charge in [-0.05, 0) is 24.3 Å². The van der Waals surface area contributed by atoms with Gasteiger partial charge in [-0.25, -0.2) is 4.98 Å². The number of thiazole rings is 1. The minimum atomic E-state index is -0.215. The Balaban J connectivity index is 1.73. The Labute approximate surface area is 148 Å². The maximum Gasteiger partial charge on any atom is 0.295 e. The molecule has 0 radical (unpaired) electrons. The number of nitrogens with zero attached hydrogens (tertiary/aromatic N) is 2. The van der Waals surface area contributed by atoms with E-state index in [1.165, 1.54) is 11.3 Å². The van der Waals surface area contributed by atoms with Gasteiger partial charge >= 0.3 is 0 Å². The number of aromatic nitrogens is 1. The van der Waals surface area contributed by atoms with Gasteiger partial charge in [-0.1, -0.05) is 41.7 Å². The number of furan rings is 1. The lowest BCUT2D eigenvalue weighted by atomic mass is 10.2. The molecular weight excluding hydrogens is 336 g/mol. The normalized spacial score (nSPS) is 11.2. The number of hydrogen-bond acceptors (Lipinski definition) is 5. The maximum atomic E-state index is 13.0. The molecule has 25 heavy (non-hydrogen) atoms. The summed E-state index contributed by atoms with van der Waals surface area (Å²) in [4.78, 5) is 19.3. The van der Waals surface area contributed by atoms with E-state index < -0.39 is 0 Å². The fraction of sp³-hybridized carbons (Fsp3) is 0.158. The molecule has 1 amide bonds. The molecule has 0 aliphatic heterocycles. The second-order valence-corrected chi connectivity index (χ2v) is 6.57. The molecule has 126 valence electrons. The van der Waals surface area contributed by atoms with Crippen molar-refractivity contribution in [2.45, 2.75) is 0 Å². The van der Waals surface area contributed by atoms with Crippen LogP contribution in [0.4, 0.5) is 5.13 Å². The summed E-state index contributed by atoms with van der Waals surface area (Å²) in [6.07, 6.45) is 0. The number of ether oxygens (including phenoxy) is 1. The quantitative estimate of drug-likeness (QED) is 0.536. The molecular formula is C19H16N2O3S. The Morgan fingerprint density at radius 1 is 1.20 bits per heavy atom. The van der Waals surface area contributed by atoms with Crippen molar-refractivity contribution in [1.29, 1.82) is 0 Å². The fourth-order valence-corrected chi connectivity index (χ4v) is 3.65. The third kappa shape index (κ3) is 3.01. The first-order valence-corrected chi connectivity index (χ1v) is 8.73. The Morgan fingerprint density at radius 2 is 2.00 bits per heavy atom. The summed E-state index contributed by atoms with van der Waals surface area (Å²) in [7, 11) is 1.61. The Kier molecular flexibility index (Phi) is 4.21. The van der Waals surface area contributed by atoms with Crippen molar-refractivity contribution < 1.29 is 13.9 Å². The fourth-order valence-electron chi connectivity index (χ4n) is 2.66. The molecule has 0 saturated heterocycles. The van der Waals surface area contributed by atoms with E-state index in [4.69, 9.17) is 9.15 Å². The van der Waals surface area contributed by atoms with Crippen LogP contribution < -0.4 is 4.90 Å². The molecule has 4 rings (SSSR count). The van der Waals surface area contributed by atoms with Crippen molar-refractivity contribution in [2.24, 2.45) is 0 Å². The standard InChI is InChI=1S/C19H16N2O3S/c1-23-11-10-21(19-20-14-7-3-5-9-17(14)25-19)18(22)16-12-13-6-2-4-8-15(13)24-16/h2-9,12H,10-11H2,1H3. The lowest BCUT2D eigenvalue weighted by Gasteiger charge is -2.17. The van der Waals surface area contributed by atoms with Gasteiger partial charge in [0, 0.05) is 12.5 Å². The average molecular weight is 352 g/mol. The zero-order chi connectivity index (χ0) is 17.2. The van der Waals surface area contributed by atoms with Gasteiger partial charge in [-0.3, -0.25) is 9.69 Å². The Bertz CT molecular complexity index is 971. The highest BCUT2D eigenvalue weighted by Gasteiger charge is 2.24. The predicted octanol–water partition coefficient (Wildman–Crippen LogP) is 4.34. The maximum absolute atomic E-state index is 13.0. The largest absolute Gasteiger partial charge is 0.451 e. The average Bonchev–Trinajstić information content (AvgIpc) is 3.25. The molecule has 2 aromatic carbocycles. The summed E-state index contributed by atoms with van der Waals surface area (Å²) in [5, 5.41) is 1.55. The molecule has 2 aromatic heterocycles. The van der Waals surface area contributed by atoms with Gasteiger partial charge in [-0.2, -0.15) is 0 Å². The zero-order valence-corrected chi connectivity index (χ0v) is 14.5. The van der Waals surface area contributed by atoms with Crippen LogP contribution >= 0.6 is 11.3 Å². The lowest BCUT2D eigenvalue weighted by Crippen LogP contribution is -2.33. The molecule has 0 spiro atoms. The molecule has 5 nitrogen and oxygen atoms in total. The van der Waals surface area contributed by atoms with Crippen molar-refractivity contribution in [3.05, 3.63) is 60.4 Å². The lowest BCUT2D eigenvalue weighted by molar-refractivity contribution is 0.0951. The second kappa shape index (κ2) is 6.66. The van der Waals surface area contributed by atoms with Crippen LogP contribution in [-0.4, -0.2) is 31.2 Å². The van der Waals surface area contributed by atoms with Crippen molar-refractivity contribution in [3.63, 3.8) is 0 Å². The minimum absolute atomic E-state index is 0.215. The number of carbonyl (C=O) groups is 1. The number of amides is 1. The van der Waals surface area contributed by atoms with Crippen LogP contribution in [-0.2, 0) is 4.74 Å². The third-order valence-electron chi connectivity index (χ3n) is 3.91. The van der Waals surface area contributed by atoms with Crippen LogP contribution in [0.3, 0.4) is 0 Å². The monoisotopic (exact) mass is 352 g/mol. The summed E-state index contributed by atoms with van der Waals surface area (Å²) in [5.41, 5.74) is 1.57. The Morgan fingerprint density at radius 3 is 2.80 bits per heavy atom. The van der Waals surface area contributed by atoms with E-state index in [0.717, 1.165) is 15.6 Å². The van der Waals surface area contributed by atoms with Gasteiger partial charge in [0.25, 0.3) is 5.91 Å². The first-order valence-electron chi connectivity index (χ1n) is 7.91. The van der Waals surface area contributed by atoms with Gasteiger partial charge in [0.1, 0.15) is 5.58 Å². The minimum Gasteiger partial charge on any atom is -0.451 e. The number of methoxy groups -OCH3 is 1. The van der Waals surface area contributed by atoms with Crippen LogP contribution in [0.15, 0.2) is 59.0 Å².